The molecule has 0 fully saturated rings. The third kappa shape index (κ3) is 3.41. The highest BCUT2D eigenvalue weighted by atomic mass is 16.5. The lowest BCUT2D eigenvalue weighted by Crippen LogP contribution is -2.16. The molecule has 5 N–H and O–H groups in total. The highest BCUT2D eigenvalue weighted by Crippen LogP contribution is 2.22. The van der Waals surface area contributed by atoms with E-state index in [9.17, 15) is 4.79 Å². The molecule has 0 aliphatic heterocycles. The van der Waals surface area contributed by atoms with Crippen LogP contribution in [-0.4, -0.2) is 19.1 Å². The molecule has 2 aromatic carbocycles. The van der Waals surface area contributed by atoms with Crippen molar-refractivity contribution in [2.45, 2.75) is 0 Å². The van der Waals surface area contributed by atoms with Gasteiger partial charge in [-0.15, -0.1) is 0 Å². The van der Waals surface area contributed by atoms with Gasteiger partial charge in [-0.05, 0) is 24.3 Å². The van der Waals surface area contributed by atoms with Gasteiger partial charge >= 0.3 is 0 Å². The summed E-state index contributed by atoms with van der Waals surface area (Å²) in [6.45, 7) is 1.06. The van der Waals surface area contributed by atoms with Crippen LogP contribution in [0.2, 0.25) is 0 Å². The van der Waals surface area contributed by atoms with Crippen LogP contribution in [0.15, 0.2) is 48.5 Å². The van der Waals surface area contributed by atoms with Gasteiger partial charge in [-0.3, -0.25) is 4.79 Å². The van der Waals surface area contributed by atoms with Crippen molar-refractivity contribution in [2.24, 2.45) is 5.73 Å². The normalized spacial score (nSPS) is 10.0. The lowest BCUT2D eigenvalue weighted by atomic mass is 10.1. The van der Waals surface area contributed by atoms with E-state index >= 15 is 0 Å². The fraction of sp³-hybridized carbons (Fsp3) is 0.133. The first-order valence-electron chi connectivity index (χ1n) is 6.28. The first kappa shape index (κ1) is 13.7. The summed E-state index contributed by atoms with van der Waals surface area (Å²) in [7, 11) is 0. The molecule has 5 nitrogen and oxygen atoms in total. The molecule has 0 radical (unpaired) electrons. The molecular weight excluding hydrogens is 254 g/mol. The fourth-order valence-electron chi connectivity index (χ4n) is 1.81. The summed E-state index contributed by atoms with van der Waals surface area (Å²) >= 11 is 0. The molecule has 0 spiro atoms. The van der Waals surface area contributed by atoms with Gasteiger partial charge < -0.3 is 21.5 Å². The Labute approximate surface area is 117 Å². The molecule has 0 aliphatic rings. The maximum atomic E-state index is 11.2. The number of hydrogen-bond acceptors (Lipinski definition) is 4. The average Bonchev–Trinajstić information content (AvgIpc) is 2.46. The fourth-order valence-corrected chi connectivity index (χ4v) is 1.81. The van der Waals surface area contributed by atoms with Gasteiger partial charge in [-0.2, -0.15) is 0 Å². The molecule has 0 aromatic heterocycles. The zero-order valence-electron chi connectivity index (χ0n) is 11.0. The number of carbonyl (C=O) groups excluding carboxylic acids is 1. The summed E-state index contributed by atoms with van der Waals surface area (Å²) in [4.78, 5) is 11.2. The van der Waals surface area contributed by atoms with Crippen molar-refractivity contribution in [1.29, 1.82) is 0 Å². The van der Waals surface area contributed by atoms with E-state index in [1.165, 1.54) is 0 Å². The van der Waals surface area contributed by atoms with Crippen LogP contribution in [0.1, 0.15) is 10.4 Å². The van der Waals surface area contributed by atoms with Crippen molar-refractivity contribution in [1.82, 2.24) is 0 Å². The summed E-state index contributed by atoms with van der Waals surface area (Å²) in [5.74, 6) is 0.278. The molecule has 2 aromatic rings. The van der Waals surface area contributed by atoms with Crippen LogP contribution in [-0.2, 0) is 0 Å². The Kier molecular flexibility index (Phi) is 4.44. The van der Waals surface area contributed by atoms with Gasteiger partial charge in [0.25, 0.3) is 5.91 Å². The molecule has 0 saturated heterocycles. The third-order valence-corrected chi connectivity index (χ3v) is 2.80. The molecule has 0 unspecified atom stereocenters. The molecule has 5 heteroatoms. The van der Waals surface area contributed by atoms with Crippen molar-refractivity contribution in [2.75, 3.05) is 24.2 Å². The number of hydrogen-bond donors (Lipinski definition) is 3. The van der Waals surface area contributed by atoms with Crippen molar-refractivity contribution in [3.63, 3.8) is 0 Å². The number of anilines is 2. The second-order valence-corrected chi connectivity index (χ2v) is 4.22. The van der Waals surface area contributed by atoms with Gasteiger partial charge in [0.05, 0.1) is 16.9 Å². The smallest absolute Gasteiger partial charge is 0.250 e. The Balaban J connectivity index is 1.88. The predicted molar refractivity (Wildman–Crippen MR) is 79.8 cm³/mol. The molecule has 1 amide bonds. The Morgan fingerprint density at radius 2 is 1.85 bits per heavy atom. The van der Waals surface area contributed by atoms with Crippen LogP contribution >= 0.6 is 0 Å². The molecule has 2 rings (SSSR count). The van der Waals surface area contributed by atoms with E-state index in [-0.39, 0.29) is 0 Å². The first-order valence-corrected chi connectivity index (χ1v) is 6.28. The van der Waals surface area contributed by atoms with Crippen LogP contribution in [0.25, 0.3) is 0 Å². The zero-order chi connectivity index (χ0) is 14.4. The second-order valence-electron chi connectivity index (χ2n) is 4.22. The third-order valence-electron chi connectivity index (χ3n) is 2.80. The highest BCUT2D eigenvalue weighted by molar-refractivity contribution is 6.00. The van der Waals surface area contributed by atoms with E-state index in [4.69, 9.17) is 16.2 Å². The lowest BCUT2D eigenvalue weighted by Gasteiger charge is -2.12. The summed E-state index contributed by atoms with van der Waals surface area (Å²) < 4.78 is 5.55. The Morgan fingerprint density at radius 3 is 2.55 bits per heavy atom. The minimum absolute atomic E-state index is 0.318. The Bertz CT molecular complexity index is 585. The summed E-state index contributed by atoms with van der Waals surface area (Å²) in [5.41, 5.74) is 12.5. The van der Waals surface area contributed by atoms with Crippen molar-refractivity contribution in [3.8, 4) is 5.75 Å². The van der Waals surface area contributed by atoms with E-state index < -0.39 is 5.91 Å². The maximum Gasteiger partial charge on any atom is 0.250 e. The molecular formula is C15H17N3O2. The topological polar surface area (TPSA) is 90.4 Å². The van der Waals surface area contributed by atoms with Crippen molar-refractivity contribution >= 4 is 17.3 Å². The Hall–Kier alpha value is -2.69. The number of carbonyl (C=O) groups is 1. The molecule has 0 aliphatic carbocycles. The van der Waals surface area contributed by atoms with Crippen LogP contribution in [0.3, 0.4) is 0 Å². The summed E-state index contributed by atoms with van der Waals surface area (Å²) in [6.07, 6.45) is 0. The number of rotatable bonds is 6. The van der Waals surface area contributed by atoms with Gasteiger partial charge in [0.15, 0.2) is 0 Å². The molecule has 0 saturated carbocycles. The lowest BCUT2D eigenvalue weighted by molar-refractivity contribution is 0.100. The number of primary amides is 1. The van der Waals surface area contributed by atoms with Gasteiger partial charge in [-0.1, -0.05) is 24.3 Å². The average molecular weight is 271 g/mol. The summed E-state index contributed by atoms with van der Waals surface area (Å²) in [5, 5.41) is 3.12. The van der Waals surface area contributed by atoms with Crippen LogP contribution in [0.4, 0.5) is 11.4 Å². The van der Waals surface area contributed by atoms with Gasteiger partial charge in [0.1, 0.15) is 12.4 Å². The first-order chi connectivity index (χ1) is 9.68. The molecule has 104 valence electrons. The molecule has 0 heterocycles. The van der Waals surface area contributed by atoms with Gasteiger partial charge in [-0.25, -0.2) is 0 Å². The minimum atomic E-state index is -0.535. The number of nitrogens with two attached hydrogens (primary N) is 2. The standard InChI is InChI=1S/C15H17N3O2/c16-14-12(15(17)19)7-4-8-13(14)18-9-10-20-11-5-2-1-3-6-11/h1-8,18H,9-10,16H2,(H2,17,19). The van der Waals surface area contributed by atoms with Crippen LogP contribution in [0.5, 0.6) is 5.75 Å². The van der Waals surface area contributed by atoms with Crippen molar-refractivity contribution in [3.05, 3.63) is 54.1 Å². The number of para-hydroxylation sites is 2. The quantitative estimate of drug-likeness (QED) is 0.552. The largest absolute Gasteiger partial charge is 0.492 e. The number of nitrogen functional groups attached to an aromatic ring is 1. The van der Waals surface area contributed by atoms with E-state index in [2.05, 4.69) is 5.32 Å². The van der Waals surface area contributed by atoms with E-state index in [0.717, 1.165) is 5.75 Å². The maximum absolute atomic E-state index is 11.2. The SMILES string of the molecule is NC(=O)c1cccc(NCCOc2ccccc2)c1N. The number of amides is 1. The zero-order valence-corrected chi connectivity index (χ0v) is 11.0. The van der Waals surface area contributed by atoms with E-state index in [1.54, 1.807) is 18.2 Å². The molecule has 0 bridgehead atoms. The minimum Gasteiger partial charge on any atom is -0.492 e. The van der Waals surface area contributed by atoms with Crippen LogP contribution in [0, 0.1) is 0 Å². The Morgan fingerprint density at radius 1 is 1.10 bits per heavy atom. The molecule has 0 atom stereocenters. The highest BCUT2D eigenvalue weighted by Gasteiger charge is 2.08. The molecule has 20 heavy (non-hydrogen) atoms. The number of nitrogens with one attached hydrogen (secondary N) is 1. The number of benzene rings is 2. The predicted octanol–water partition coefficient (Wildman–Crippen LogP) is 1.86. The monoisotopic (exact) mass is 271 g/mol. The van der Waals surface area contributed by atoms with Gasteiger partial charge in [0, 0.05) is 6.54 Å². The van der Waals surface area contributed by atoms with Crippen LogP contribution < -0.4 is 21.5 Å². The van der Waals surface area contributed by atoms with E-state index in [1.807, 2.05) is 30.3 Å². The summed E-state index contributed by atoms with van der Waals surface area (Å²) in [6, 6.07) is 14.7. The van der Waals surface area contributed by atoms with Gasteiger partial charge in [0.2, 0.25) is 0 Å². The van der Waals surface area contributed by atoms with Crippen molar-refractivity contribution < 1.29 is 9.53 Å². The second kappa shape index (κ2) is 6.47. The number of ether oxygens (including phenoxy) is 1. The van der Waals surface area contributed by atoms with E-state index in [0.29, 0.717) is 30.1 Å².